The third-order valence-electron chi connectivity index (χ3n) is 1.09. The van der Waals surface area contributed by atoms with Crippen LogP contribution in [0.1, 0.15) is 20.8 Å². The van der Waals surface area contributed by atoms with E-state index in [0.717, 1.165) is 11.3 Å². The second-order valence-electron chi connectivity index (χ2n) is 2.42. The summed E-state index contributed by atoms with van der Waals surface area (Å²) in [6.07, 6.45) is 0. The molecule has 0 atom stereocenters. The Morgan fingerprint density at radius 2 is 2.00 bits per heavy atom. The van der Waals surface area contributed by atoms with Crippen molar-refractivity contribution in [3.63, 3.8) is 0 Å². The molecule has 0 aromatic carbocycles. The Morgan fingerprint density at radius 3 is 2.00 bits per heavy atom. The zero-order valence-electron chi connectivity index (χ0n) is 6.18. The van der Waals surface area contributed by atoms with Gasteiger partial charge in [0.15, 0.2) is 0 Å². The van der Waals surface area contributed by atoms with Crippen molar-refractivity contribution in [2.24, 2.45) is 9.71 Å². The maximum absolute atomic E-state index is 4.04. The summed E-state index contributed by atoms with van der Waals surface area (Å²) in [7, 11) is 0. The molecule has 0 N–H and O–H groups in total. The molecule has 0 heterocycles. The van der Waals surface area contributed by atoms with E-state index in [1.165, 1.54) is 0 Å². The van der Waals surface area contributed by atoms with Gasteiger partial charge in [0, 0.05) is 0 Å². The van der Waals surface area contributed by atoms with E-state index in [1.54, 1.807) is 0 Å². The topological polar surface area (TPSA) is 12.4 Å². The van der Waals surface area contributed by atoms with E-state index < -0.39 is 0 Å². The molecule has 0 spiro atoms. The molecule has 9 heavy (non-hydrogen) atoms. The Bertz CT molecular complexity index is 132. The molecule has 2 heteroatoms. The van der Waals surface area contributed by atoms with Crippen LogP contribution in [0.15, 0.2) is 15.1 Å². The minimum absolute atomic E-state index is 0.491. The number of allylic oxidation sites excluding steroid dienone is 2. The molecule has 0 aliphatic heterocycles. The van der Waals surface area contributed by atoms with Crippen LogP contribution in [0.2, 0.25) is 0 Å². The Kier molecular flexibility index (Phi) is 3.91. The molecule has 0 saturated carbocycles. The van der Waals surface area contributed by atoms with Crippen molar-refractivity contribution in [2.45, 2.75) is 20.8 Å². The van der Waals surface area contributed by atoms with Crippen molar-refractivity contribution in [2.75, 3.05) is 0 Å². The van der Waals surface area contributed by atoms with E-state index in [0.29, 0.717) is 5.92 Å². The van der Waals surface area contributed by atoms with Crippen LogP contribution in [-0.4, -0.2) is 0 Å². The summed E-state index contributed by atoms with van der Waals surface area (Å²) < 4.78 is 4.04. The molecule has 0 aliphatic carbocycles. The summed E-state index contributed by atoms with van der Waals surface area (Å²) in [6.45, 7) is 10.0. The van der Waals surface area contributed by atoms with Crippen molar-refractivity contribution in [3.8, 4) is 0 Å². The van der Waals surface area contributed by atoms with Gasteiger partial charge < -0.3 is 0 Å². The Morgan fingerprint density at radius 1 is 1.56 bits per heavy atom. The first kappa shape index (κ1) is 8.99. The van der Waals surface area contributed by atoms with Gasteiger partial charge in [-0.3, -0.25) is 0 Å². The van der Waals surface area contributed by atoms with E-state index >= 15 is 0 Å². The van der Waals surface area contributed by atoms with Crippen molar-refractivity contribution in [3.05, 3.63) is 18.2 Å². The molecule has 1 nitrogen and oxygen atoms in total. The van der Waals surface area contributed by atoms with Gasteiger partial charge in [0.05, 0.1) is 0 Å². The summed E-state index contributed by atoms with van der Waals surface area (Å²) in [5.74, 6) is 0.491. The van der Waals surface area contributed by atoms with Crippen LogP contribution < -0.4 is 0 Å². The van der Waals surface area contributed by atoms with E-state index in [4.69, 9.17) is 0 Å². The second kappa shape index (κ2) is 3.92. The van der Waals surface area contributed by atoms with Crippen LogP contribution in [0.3, 0.4) is 0 Å². The van der Waals surface area contributed by atoms with Crippen LogP contribution in [0.4, 0.5) is 0 Å². The average Bonchev–Trinajstić information content (AvgIpc) is 1.64. The first-order chi connectivity index (χ1) is 4.09. The van der Waals surface area contributed by atoms with Crippen LogP contribution in [0.5, 0.6) is 0 Å². The van der Waals surface area contributed by atoms with Crippen molar-refractivity contribution in [1.82, 2.24) is 0 Å². The number of hydrogen-bond donors (Lipinski definition) is 0. The van der Waals surface area contributed by atoms with Crippen LogP contribution >= 0.6 is 0 Å². The van der Waals surface area contributed by atoms with Gasteiger partial charge in [-0.1, -0.05) is 0 Å². The second-order valence-corrected chi connectivity index (χ2v) is 2.73. The molecule has 0 aliphatic rings. The number of hydrogen-bond acceptors (Lipinski definition) is 1. The van der Waals surface area contributed by atoms with Crippen molar-refractivity contribution < 1.29 is 17.2 Å². The number of nitrogens with zero attached hydrogens (tertiary/aromatic N) is 1. The summed E-state index contributed by atoms with van der Waals surface area (Å²) in [5, 5.41) is 0. The van der Waals surface area contributed by atoms with E-state index in [9.17, 15) is 0 Å². The fraction of sp³-hybridized carbons (Fsp3) is 0.571. The predicted molar refractivity (Wildman–Crippen MR) is 35.3 cm³/mol. The van der Waals surface area contributed by atoms with Gasteiger partial charge in [0.2, 0.25) is 0 Å². The normalized spacial score (nSPS) is 13.2. The number of rotatable bonds is 2. The zero-order chi connectivity index (χ0) is 7.44. The van der Waals surface area contributed by atoms with Gasteiger partial charge >= 0.3 is 65.9 Å². The Hall–Kier alpha value is -0.00558. The molecular formula is C7H12NV-. The van der Waals surface area contributed by atoms with Gasteiger partial charge in [-0.2, -0.15) is 0 Å². The van der Waals surface area contributed by atoms with Gasteiger partial charge in [-0.05, 0) is 0 Å². The zero-order valence-corrected chi connectivity index (χ0v) is 7.58. The molecule has 0 radical (unpaired) electrons. The van der Waals surface area contributed by atoms with E-state index in [-0.39, 0.29) is 0 Å². The molecular weight excluding hydrogens is 149 g/mol. The van der Waals surface area contributed by atoms with Gasteiger partial charge in [-0.15, -0.1) is 0 Å². The summed E-state index contributed by atoms with van der Waals surface area (Å²) in [6, 6.07) is 0. The molecule has 0 unspecified atom stereocenters. The summed E-state index contributed by atoms with van der Waals surface area (Å²) in [4.78, 5) is 0. The predicted octanol–water partition coefficient (Wildman–Crippen LogP) is 2.48. The average molecular weight is 161 g/mol. The van der Waals surface area contributed by atoms with E-state index in [1.807, 2.05) is 6.92 Å². The van der Waals surface area contributed by atoms with Gasteiger partial charge in [0.1, 0.15) is 0 Å². The Balaban J connectivity index is 4.34. The quantitative estimate of drug-likeness (QED) is 0.551. The fourth-order valence-electron chi connectivity index (χ4n) is 0.694. The standard InChI is InChI=1S/C7H12N.V/c1-5(2)7(8)6(3)4;/h6H,1H2,2-4H3;/q-1;/b7-5+;. The first-order valence-electron chi connectivity index (χ1n) is 2.97. The fourth-order valence-corrected chi connectivity index (χ4v) is 1.32. The van der Waals surface area contributed by atoms with E-state index in [2.05, 4.69) is 41.8 Å². The molecule has 0 aromatic rings. The maximum atomic E-state index is 4.04. The molecule has 0 rings (SSSR count). The third-order valence-corrected chi connectivity index (χ3v) is 1.43. The minimum atomic E-state index is 0.491. The molecule has 0 aromatic heterocycles. The van der Waals surface area contributed by atoms with Crippen LogP contribution in [0, 0.1) is 12.8 Å². The van der Waals surface area contributed by atoms with Crippen LogP contribution in [-0.2, 0) is 17.2 Å². The van der Waals surface area contributed by atoms with Gasteiger partial charge in [0.25, 0.3) is 0 Å². The Labute approximate surface area is 66.3 Å². The van der Waals surface area contributed by atoms with Crippen molar-refractivity contribution >= 4 is 0 Å². The molecule has 0 bridgehead atoms. The summed E-state index contributed by atoms with van der Waals surface area (Å²) >= 11 is 2.22. The molecule has 0 fully saturated rings. The first-order valence-corrected chi connectivity index (χ1v) is 3.60. The summed E-state index contributed by atoms with van der Waals surface area (Å²) in [5.41, 5.74) is 2.15. The third kappa shape index (κ3) is 2.88. The molecule has 0 amide bonds. The van der Waals surface area contributed by atoms with Crippen LogP contribution in [0.25, 0.3) is 0 Å². The molecule has 51 valence electrons. The van der Waals surface area contributed by atoms with Gasteiger partial charge in [-0.25, -0.2) is 0 Å². The SMILES string of the molecule is [CH2-]/C(C)=C(\[N]=[V])C(C)C. The molecule has 0 saturated heterocycles. The van der Waals surface area contributed by atoms with Crippen molar-refractivity contribution in [1.29, 1.82) is 0 Å². The monoisotopic (exact) mass is 161 g/mol.